The molecule has 0 bridgehead atoms. The van der Waals surface area contributed by atoms with E-state index in [-0.39, 0.29) is 5.41 Å². The molecular weight excluding hydrogens is 283 g/mol. The van der Waals surface area contributed by atoms with Crippen LogP contribution in [-0.4, -0.2) is 12.7 Å². The minimum atomic E-state index is -0.234. The Hall–Kier alpha value is -2.52. The van der Waals surface area contributed by atoms with Crippen molar-refractivity contribution in [1.29, 1.82) is 0 Å². The van der Waals surface area contributed by atoms with Gasteiger partial charge in [-0.05, 0) is 35.2 Å². The molecule has 0 aromatic heterocycles. The minimum absolute atomic E-state index is 0.234. The quantitative estimate of drug-likeness (QED) is 0.743. The summed E-state index contributed by atoms with van der Waals surface area (Å²) in [5.74, 6) is 0.678. The summed E-state index contributed by atoms with van der Waals surface area (Å²) in [4.78, 5) is 0. The molecule has 0 amide bonds. The second kappa shape index (κ2) is 5.29. The summed E-state index contributed by atoms with van der Waals surface area (Å²) in [6.07, 6.45) is 0. The van der Waals surface area contributed by atoms with Crippen LogP contribution in [0.2, 0.25) is 0 Å². The number of hydrogen-bond acceptors (Lipinski definition) is 2. The van der Waals surface area contributed by atoms with E-state index >= 15 is 0 Å². The number of hydrogen-bond donors (Lipinski definition) is 1. The van der Waals surface area contributed by atoms with Gasteiger partial charge in [-0.15, -0.1) is 0 Å². The van der Waals surface area contributed by atoms with Gasteiger partial charge in [0.15, 0.2) is 0 Å². The molecule has 1 N–H and O–H groups in total. The Balaban J connectivity index is 2.06. The lowest BCUT2D eigenvalue weighted by Gasteiger charge is -2.28. The molecule has 0 aliphatic heterocycles. The molecule has 0 spiro atoms. The van der Waals surface area contributed by atoms with E-state index in [9.17, 15) is 0 Å². The molecule has 3 heteroatoms. The van der Waals surface area contributed by atoms with E-state index in [1.807, 2.05) is 24.3 Å². The Morgan fingerprint density at radius 3 is 2.30 bits per heavy atom. The van der Waals surface area contributed by atoms with Crippen LogP contribution in [0.5, 0.6) is 5.75 Å². The molecule has 0 fully saturated rings. The molecule has 1 unspecified atom stereocenters. The van der Waals surface area contributed by atoms with Crippen molar-refractivity contribution in [2.45, 2.75) is 12.3 Å². The normalized spacial score (nSPS) is 18.2. The van der Waals surface area contributed by atoms with Gasteiger partial charge in [-0.3, -0.25) is 0 Å². The van der Waals surface area contributed by atoms with Crippen LogP contribution in [0.3, 0.4) is 0 Å². The predicted molar refractivity (Wildman–Crippen MR) is 92.5 cm³/mol. The first-order chi connectivity index (χ1) is 11.3. The molecule has 1 aliphatic carbocycles. The molecule has 0 saturated carbocycles. The predicted octanol–water partition coefficient (Wildman–Crippen LogP) is 3.93. The fourth-order valence-electron chi connectivity index (χ4n) is 3.75. The van der Waals surface area contributed by atoms with Gasteiger partial charge in [0.05, 0.1) is 0 Å². The largest absolute Gasteiger partial charge is 0.569 e. The van der Waals surface area contributed by atoms with Gasteiger partial charge < -0.3 is 9.68 Å². The van der Waals surface area contributed by atoms with Crippen molar-refractivity contribution in [3.05, 3.63) is 89.5 Å². The molecular formula is C20H16BO2. The van der Waals surface area contributed by atoms with E-state index in [1.54, 1.807) is 0 Å². The molecule has 1 radical (unpaired) electrons. The van der Waals surface area contributed by atoms with Crippen molar-refractivity contribution in [3.8, 4) is 16.9 Å². The average molecular weight is 299 g/mol. The highest BCUT2D eigenvalue weighted by Gasteiger charge is 2.41. The lowest BCUT2D eigenvalue weighted by molar-refractivity contribution is 0.454. The Kier molecular flexibility index (Phi) is 3.24. The smallest absolute Gasteiger partial charge is 0.537 e. The van der Waals surface area contributed by atoms with Gasteiger partial charge in [-0.1, -0.05) is 66.7 Å². The van der Waals surface area contributed by atoms with Crippen LogP contribution in [0.1, 0.15) is 23.6 Å². The van der Waals surface area contributed by atoms with E-state index in [0.717, 1.165) is 18.8 Å². The minimum Gasteiger partial charge on any atom is -0.537 e. The van der Waals surface area contributed by atoms with E-state index in [4.69, 9.17) is 9.68 Å². The summed E-state index contributed by atoms with van der Waals surface area (Å²) in [7, 11) is 0.746. The Morgan fingerprint density at radius 2 is 1.52 bits per heavy atom. The van der Waals surface area contributed by atoms with Crippen LogP contribution in [0.15, 0.2) is 72.8 Å². The first-order valence-electron chi connectivity index (χ1n) is 7.68. The third kappa shape index (κ3) is 1.93. The van der Waals surface area contributed by atoms with Crippen molar-refractivity contribution >= 4 is 7.69 Å². The average Bonchev–Trinajstić information content (AvgIpc) is 2.88. The lowest BCUT2D eigenvalue weighted by atomic mass is 9.74. The molecule has 2 nitrogen and oxygen atoms in total. The van der Waals surface area contributed by atoms with E-state index in [0.29, 0.717) is 5.75 Å². The Morgan fingerprint density at radius 1 is 0.826 bits per heavy atom. The number of rotatable bonds is 3. The third-order valence-corrected chi connectivity index (χ3v) is 4.83. The summed E-state index contributed by atoms with van der Waals surface area (Å²) in [5, 5.41) is 9.10. The summed E-state index contributed by atoms with van der Waals surface area (Å²) < 4.78 is 5.37. The second-order valence-electron chi connectivity index (χ2n) is 5.94. The molecule has 111 valence electrons. The summed E-state index contributed by atoms with van der Waals surface area (Å²) in [6, 6.07) is 24.9. The van der Waals surface area contributed by atoms with Gasteiger partial charge in [0.25, 0.3) is 0 Å². The first kappa shape index (κ1) is 14.1. The molecule has 3 aromatic carbocycles. The molecule has 1 atom stereocenters. The van der Waals surface area contributed by atoms with Crippen molar-refractivity contribution < 1.29 is 9.68 Å². The fourth-order valence-corrected chi connectivity index (χ4v) is 3.75. The number of fused-ring (bicyclic) bond motifs is 3. The maximum Gasteiger partial charge on any atom is 0.569 e. The van der Waals surface area contributed by atoms with Gasteiger partial charge in [-0.2, -0.15) is 0 Å². The van der Waals surface area contributed by atoms with Crippen molar-refractivity contribution in [1.82, 2.24) is 0 Å². The second-order valence-corrected chi connectivity index (χ2v) is 5.94. The van der Waals surface area contributed by atoms with E-state index in [2.05, 4.69) is 55.5 Å². The highest BCUT2D eigenvalue weighted by molar-refractivity contribution is 6.17. The molecule has 0 saturated heterocycles. The molecule has 3 aromatic rings. The van der Waals surface area contributed by atoms with Crippen molar-refractivity contribution in [3.63, 3.8) is 0 Å². The standard InChI is InChI=1S/C20H16BO2/c1-20(14-8-3-2-4-9-14)16-11-6-5-10-15(16)19-17(20)12-7-13-18(19)23-21-22/h2-13,22H,1H3. The first-order valence-corrected chi connectivity index (χ1v) is 7.68. The zero-order valence-corrected chi connectivity index (χ0v) is 12.9. The highest BCUT2D eigenvalue weighted by atomic mass is 16.5. The van der Waals surface area contributed by atoms with Crippen LogP contribution in [-0.2, 0) is 5.41 Å². The zero-order chi connectivity index (χ0) is 15.9. The maximum atomic E-state index is 9.10. The van der Waals surface area contributed by atoms with Gasteiger partial charge in [0.2, 0.25) is 0 Å². The summed E-state index contributed by atoms with van der Waals surface area (Å²) >= 11 is 0. The van der Waals surface area contributed by atoms with Crippen LogP contribution < -0.4 is 4.65 Å². The summed E-state index contributed by atoms with van der Waals surface area (Å²) in [5.41, 5.74) is 5.68. The van der Waals surface area contributed by atoms with Gasteiger partial charge >= 0.3 is 7.69 Å². The third-order valence-electron chi connectivity index (χ3n) is 4.83. The topological polar surface area (TPSA) is 29.5 Å². The lowest BCUT2D eigenvalue weighted by Crippen LogP contribution is -2.22. The van der Waals surface area contributed by atoms with E-state index < -0.39 is 0 Å². The van der Waals surface area contributed by atoms with Gasteiger partial charge in [0, 0.05) is 11.0 Å². The number of benzene rings is 3. The Bertz CT molecular complexity index is 861. The van der Waals surface area contributed by atoms with Crippen molar-refractivity contribution in [2.75, 3.05) is 0 Å². The van der Waals surface area contributed by atoms with Gasteiger partial charge in [0.1, 0.15) is 5.75 Å². The SMILES string of the molecule is CC1(c2ccccc2)c2ccccc2-c2c(O[B]O)cccc21. The maximum absolute atomic E-state index is 9.10. The zero-order valence-electron chi connectivity index (χ0n) is 12.9. The van der Waals surface area contributed by atoms with Gasteiger partial charge in [-0.25, -0.2) is 0 Å². The van der Waals surface area contributed by atoms with Crippen LogP contribution >= 0.6 is 0 Å². The summed E-state index contributed by atoms with van der Waals surface area (Å²) in [6.45, 7) is 2.25. The monoisotopic (exact) mass is 299 g/mol. The highest BCUT2D eigenvalue weighted by Crippen LogP contribution is 2.54. The molecule has 23 heavy (non-hydrogen) atoms. The molecule has 1 aliphatic rings. The molecule has 4 rings (SSSR count). The van der Waals surface area contributed by atoms with E-state index in [1.165, 1.54) is 16.7 Å². The van der Waals surface area contributed by atoms with Crippen LogP contribution in [0, 0.1) is 0 Å². The Labute approximate surface area is 136 Å². The van der Waals surface area contributed by atoms with Crippen LogP contribution in [0.4, 0.5) is 0 Å². The van der Waals surface area contributed by atoms with Crippen molar-refractivity contribution in [2.24, 2.45) is 0 Å². The van der Waals surface area contributed by atoms with Crippen LogP contribution in [0.25, 0.3) is 11.1 Å². The molecule has 0 heterocycles. The fraction of sp³-hybridized carbons (Fsp3) is 0.100.